The number of aliphatic hydroxyl groups excluding tert-OH is 2. The zero-order chi connectivity index (χ0) is 4.28. The van der Waals surface area contributed by atoms with Crippen LogP contribution in [0.1, 0.15) is 6.92 Å². The summed E-state index contributed by atoms with van der Waals surface area (Å²) in [6.07, 6.45) is -0.560. The third-order valence-corrected chi connectivity index (χ3v) is 0.264. The molecule has 0 aromatic heterocycles. The van der Waals surface area contributed by atoms with Crippen LogP contribution in [0.3, 0.4) is 0 Å². The summed E-state index contributed by atoms with van der Waals surface area (Å²) in [5.74, 6) is 0. The van der Waals surface area contributed by atoms with Gasteiger partial charge in [-0.3, -0.25) is 0 Å². The highest BCUT2D eigenvalue weighted by Crippen LogP contribution is 1.68. The third-order valence-electron chi connectivity index (χ3n) is 0.264. The average molecular weight is 157 g/mol. The molecule has 2 nitrogen and oxygen atoms in total. The zero-order valence-electron chi connectivity index (χ0n) is 3.59. The molecule has 0 bridgehead atoms. The van der Waals surface area contributed by atoms with Gasteiger partial charge in [-0.1, -0.05) is 0 Å². The van der Waals surface area contributed by atoms with Crippen LogP contribution in [0.25, 0.3) is 0 Å². The normalized spacial score (nSPS) is 12.5. The van der Waals surface area contributed by atoms with Crippen LogP contribution in [0.2, 0.25) is 0 Å². The van der Waals surface area contributed by atoms with E-state index in [-0.39, 0.29) is 23.6 Å². The van der Waals surface area contributed by atoms with Crippen molar-refractivity contribution in [2.75, 3.05) is 6.61 Å². The van der Waals surface area contributed by atoms with Gasteiger partial charge < -0.3 is 10.2 Å². The van der Waals surface area contributed by atoms with Crippen molar-refractivity contribution in [3.63, 3.8) is 0 Å². The van der Waals surface area contributed by atoms with E-state index in [1.807, 2.05) is 0 Å². The lowest BCUT2D eigenvalue weighted by Crippen LogP contribution is -2.03. The van der Waals surface area contributed by atoms with Gasteiger partial charge in [0.1, 0.15) is 0 Å². The fourth-order valence-corrected chi connectivity index (χ4v) is 0. The maximum atomic E-state index is 8.11. The largest absolute Gasteiger partial charge is 0.394 e. The second kappa shape index (κ2) is 5.40. The van der Waals surface area contributed by atoms with Crippen LogP contribution >= 0.6 is 17.0 Å². The Morgan fingerprint density at radius 3 is 1.83 bits per heavy atom. The Morgan fingerprint density at radius 2 is 1.83 bits per heavy atom. The molecular weight excluding hydrogens is 148 g/mol. The van der Waals surface area contributed by atoms with Gasteiger partial charge in [0.25, 0.3) is 0 Å². The number of rotatable bonds is 1. The monoisotopic (exact) mass is 156 g/mol. The number of halogens is 1. The summed E-state index contributed by atoms with van der Waals surface area (Å²) in [5.41, 5.74) is 0. The Labute approximate surface area is 47.6 Å². The molecule has 0 fully saturated rings. The van der Waals surface area contributed by atoms with E-state index in [0.29, 0.717) is 0 Å². The van der Waals surface area contributed by atoms with Crippen LogP contribution in [0.5, 0.6) is 0 Å². The molecule has 0 saturated heterocycles. The van der Waals surface area contributed by atoms with Crippen molar-refractivity contribution in [1.82, 2.24) is 0 Å². The molecule has 2 N–H and O–H groups in total. The summed E-state index contributed by atoms with van der Waals surface area (Å²) in [6, 6.07) is 0. The van der Waals surface area contributed by atoms with Crippen LogP contribution in [0.15, 0.2) is 0 Å². The molecule has 40 valence electrons. The first kappa shape index (κ1) is 9.64. The summed E-state index contributed by atoms with van der Waals surface area (Å²) in [5, 5.41) is 16.0. The molecule has 0 radical (unpaired) electrons. The van der Waals surface area contributed by atoms with E-state index in [2.05, 4.69) is 0 Å². The molecule has 0 spiro atoms. The number of hydrogen-bond acceptors (Lipinski definition) is 2. The Bertz CT molecular complexity index is 22.8. The van der Waals surface area contributed by atoms with Crippen molar-refractivity contribution in [3.8, 4) is 0 Å². The summed E-state index contributed by atoms with van der Waals surface area (Å²) in [6.45, 7) is 1.39. The highest BCUT2D eigenvalue weighted by atomic mass is 79.9. The third kappa shape index (κ3) is 8.83. The van der Waals surface area contributed by atoms with E-state index in [1.54, 1.807) is 0 Å². The molecule has 0 aliphatic heterocycles. The first-order chi connectivity index (χ1) is 2.27. The van der Waals surface area contributed by atoms with Crippen molar-refractivity contribution >= 4 is 17.0 Å². The molecule has 6 heavy (non-hydrogen) atoms. The first-order valence-electron chi connectivity index (χ1n) is 1.56. The van der Waals surface area contributed by atoms with Gasteiger partial charge in [0.05, 0.1) is 12.7 Å². The molecule has 0 rings (SSSR count). The molecule has 0 aliphatic carbocycles. The molecule has 0 amide bonds. The first-order valence-corrected chi connectivity index (χ1v) is 1.56. The summed E-state index contributed by atoms with van der Waals surface area (Å²) >= 11 is 0. The standard InChI is InChI=1S/C3H8O2.BrH/c1-3(5)2-4;/h3-5H,2H2,1H3;1H. The lowest BCUT2D eigenvalue weighted by Gasteiger charge is -1.90. The van der Waals surface area contributed by atoms with E-state index in [0.717, 1.165) is 0 Å². The minimum Gasteiger partial charge on any atom is -0.394 e. The van der Waals surface area contributed by atoms with Crippen LogP contribution in [0, 0.1) is 0 Å². The van der Waals surface area contributed by atoms with Gasteiger partial charge in [0.15, 0.2) is 0 Å². The predicted molar refractivity (Wildman–Crippen MR) is 29.1 cm³/mol. The van der Waals surface area contributed by atoms with Crippen LogP contribution in [-0.4, -0.2) is 22.9 Å². The summed E-state index contributed by atoms with van der Waals surface area (Å²) in [4.78, 5) is 0. The van der Waals surface area contributed by atoms with Crippen molar-refractivity contribution in [2.45, 2.75) is 13.0 Å². The topological polar surface area (TPSA) is 40.5 Å². The zero-order valence-corrected chi connectivity index (χ0v) is 5.30. The maximum Gasteiger partial charge on any atom is 0.0742 e. The fraction of sp³-hybridized carbons (Fsp3) is 1.00. The van der Waals surface area contributed by atoms with Gasteiger partial charge in [-0.25, -0.2) is 0 Å². The van der Waals surface area contributed by atoms with E-state index in [9.17, 15) is 0 Å². The SMILES string of the molecule is Br.CC(O)CO. The van der Waals surface area contributed by atoms with Crippen LogP contribution in [0.4, 0.5) is 0 Å². The van der Waals surface area contributed by atoms with Gasteiger partial charge in [-0.15, -0.1) is 17.0 Å². The Balaban J connectivity index is 0. The number of hydrogen-bond donors (Lipinski definition) is 2. The van der Waals surface area contributed by atoms with Gasteiger partial charge in [0, 0.05) is 0 Å². The van der Waals surface area contributed by atoms with Crippen LogP contribution in [-0.2, 0) is 0 Å². The van der Waals surface area contributed by atoms with Gasteiger partial charge in [0.2, 0.25) is 0 Å². The molecule has 0 aromatic carbocycles. The lowest BCUT2D eigenvalue weighted by molar-refractivity contribution is 0.110. The van der Waals surface area contributed by atoms with E-state index in [4.69, 9.17) is 10.2 Å². The molecule has 0 aromatic rings. The van der Waals surface area contributed by atoms with E-state index < -0.39 is 6.10 Å². The molecule has 0 saturated carbocycles. The average Bonchev–Trinajstić information content (AvgIpc) is 1.38. The molecular formula is C3H9BrO2. The Hall–Kier alpha value is 0.400. The maximum absolute atomic E-state index is 8.11. The Kier molecular flexibility index (Phi) is 8.68. The summed E-state index contributed by atoms with van der Waals surface area (Å²) < 4.78 is 0. The second-order valence-corrected chi connectivity index (χ2v) is 1.03. The highest BCUT2D eigenvalue weighted by molar-refractivity contribution is 8.93. The second-order valence-electron chi connectivity index (χ2n) is 1.03. The highest BCUT2D eigenvalue weighted by Gasteiger charge is 1.83. The van der Waals surface area contributed by atoms with E-state index >= 15 is 0 Å². The molecule has 1 unspecified atom stereocenters. The van der Waals surface area contributed by atoms with E-state index in [1.165, 1.54) is 6.92 Å². The van der Waals surface area contributed by atoms with Crippen molar-refractivity contribution in [1.29, 1.82) is 0 Å². The molecule has 3 heteroatoms. The van der Waals surface area contributed by atoms with Gasteiger partial charge in [-0.05, 0) is 6.92 Å². The minimum absolute atomic E-state index is 0. The molecule has 0 aliphatic rings. The lowest BCUT2D eigenvalue weighted by atomic mass is 10.5. The molecule has 1 atom stereocenters. The van der Waals surface area contributed by atoms with Crippen molar-refractivity contribution < 1.29 is 10.2 Å². The van der Waals surface area contributed by atoms with Gasteiger partial charge in [-0.2, -0.15) is 0 Å². The minimum atomic E-state index is -0.560. The van der Waals surface area contributed by atoms with Crippen molar-refractivity contribution in [2.24, 2.45) is 0 Å². The smallest absolute Gasteiger partial charge is 0.0742 e. The van der Waals surface area contributed by atoms with Crippen molar-refractivity contribution in [3.05, 3.63) is 0 Å². The fourth-order valence-electron chi connectivity index (χ4n) is 0. The van der Waals surface area contributed by atoms with Gasteiger partial charge >= 0.3 is 0 Å². The number of aliphatic hydroxyl groups is 2. The van der Waals surface area contributed by atoms with Crippen LogP contribution < -0.4 is 0 Å². The summed E-state index contributed by atoms with van der Waals surface area (Å²) in [7, 11) is 0. The quantitative estimate of drug-likeness (QED) is 0.559. The molecule has 0 heterocycles. The Morgan fingerprint density at radius 1 is 1.67 bits per heavy atom. The predicted octanol–water partition coefficient (Wildman–Crippen LogP) is -0.0626.